The molecule has 0 saturated carbocycles. The van der Waals surface area contributed by atoms with E-state index in [9.17, 15) is 13.2 Å². The minimum atomic E-state index is -3.54. The molecule has 116 valence electrons. The van der Waals surface area contributed by atoms with E-state index in [4.69, 9.17) is 5.73 Å². The molecule has 1 saturated heterocycles. The summed E-state index contributed by atoms with van der Waals surface area (Å²) in [5.41, 5.74) is 6.85. The topological polar surface area (TPSA) is 92.5 Å². The lowest BCUT2D eigenvalue weighted by Crippen LogP contribution is -2.51. The highest BCUT2D eigenvalue weighted by atomic mass is 32.2. The summed E-state index contributed by atoms with van der Waals surface area (Å²) < 4.78 is 26.5. The minimum Gasteiger partial charge on any atom is -0.399 e. The fourth-order valence-electron chi connectivity index (χ4n) is 2.64. The monoisotopic (exact) mass is 311 g/mol. The number of carbonyl (C=O) groups excluding carboxylic acids is 1. The van der Waals surface area contributed by atoms with Crippen molar-refractivity contribution in [1.82, 2.24) is 9.62 Å². The summed E-state index contributed by atoms with van der Waals surface area (Å²) in [4.78, 5) is 11.9. The number of nitrogens with zero attached hydrogens (tertiary/aromatic N) is 1. The summed E-state index contributed by atoms with van der Waals surface area (Å²) in [6.45, 7) is 0.392. The Morgan fingerprint density at radius 3 is 2.86 bits per heavy atom. The zero-order valence-corrected chi connectivity index (χ0v) is 12.9. The molecule has 1 unspecified atom stereocenters. The van der Waals surface area contributed by atoms with Crippen molar-refractivity contribution in [3.8, 4) is 0 Å². The highest BCUT2D eigenvalue weighted by Gasteiger charge is 2.36. The molecule has 1 amide bonds. The number of likely N-dealkylation sites (N-methyl/N-ethyl adjacent to an activating group) is 1. The summed E-state index contributed by atoms with van der Waals surface area (Å²) >= 11 is 0. The smallest absolute Gasteiger partial charge is 0.238 e. The van der Waals surface area contributed by atoms with Crippen molar-refractivity contribution in [2.75, 3.05) is 19.3 Å². The Hall–Kier alpha value is -1.60. The Bertz CT molecular complexity index is 616. The third kappa shape index (κ3) is 3.74. The Labute approximate surface area is 125 Å². The number of benzene rings is 1. The Balaban J connectivity index is 2.22. The van der Waals surface area contributed by atoms with Crippen molar-refractivity contribution < 1.29 is 13.2 Å². The molecule has 1 fully saturated rings. The molecule has 21 heavy (non-hydrogen) atoms. The quantitative estimate of drug-likeness (QED) is 0.801. The van der Waals surface area contributed by atoms with Gasteiger partial charge in [-0.15, -0.1) is 0 Å². The van der Waals surface area contributed by atoms with Crippen LogP contribution >= 0.6 is 0 Å². The first kappa shape index (κ1) is 15.8. The maximum Gasteiger partial charge on any atom is 0.238 e. The van der Waals surface area contributed by atoms with Crippen LogP contribution in [0.3, 0.4) is 0 Å². The summed E-state index contributed by atoms with van der Waals surface area (Å²) in [7, 11) is -2.01. The van der Waals surface area contributed by atoms with Gasteiger partial charge >= 0.3 is 0 Å². The predicted octanol–water partition coefficient (Wildman–Crippen LogP) is 0.699. The molecule has 1 heterocycles. The summed E-state index contributed by atoms with van der Waals surface area (Å²) in [6, 6.07) is 6.22. The number of nitrogens with two attached hydrogens (primary N) is 1. The standard InChI is InChI=1S/C14H21N3O3S/c1-16-14(18)13-7-2-3-8-17(13)21(19,20)10-11-5-4-6-12(15)9-11/h4-6,9,13H,2-3,7-8,10,15H2,1H3,(H,16,18). The van der Waals surface area contributed by atoms with Gasteiger partial charge in [-0.25, -0.2) is 8.42 Å². The van der Waals surface area contributed by atoms with E-state index in [2.05, 4.69) is 5.32 Å². The lowest BCUT2D eigenvalue weighted by Gasteiger charge is -2.33. The van der Waals surface area contributed by atoms with Crippen molar-refractivity contribution in [3.05, 3.63) is 29.8 Å². The number of amides is 1. The second-order valence-corrected chi connectivity index (χ2v) is 7.16. The van der Waals surface area contributed by atoms with Crippen molar-refractivity contribution >= 4 is 21.6 Å². The molecule has 1 aliphatic rings. The normalized spacial score (nSPS) is 20.1. The van der Waals surface area contributed by atoms with Gasteiger partial charge in [0, 0.05) is 19.3 Å². The van der Waals surface area contributed by atoms with Crippen LogP contribution in [0.2, 0.25) is 0 Å². The number of nitrogens with one attached hydrogen (secondary N) is 1. The minimum absolute atomic E-state index is 0.133. The van der Waals surface area contributed by atoms with Crippen molar-refractivity contribution in [2.24, 2.45) is 0 Å². The predicted molar refractivity (Wildman–Crippen MR) is 81.9 cm³/mol. The second kappa shape index (κ2) is 6.44. The number of hydrogen-bond acceptors (Lipinski definition) is 4. The van der Waals surface area contributed by atoms with Gasteiger partial charge in [-0.2, -0.15) is 4.31 Å². The molecule has 6 nitrogen and oxygen atoms in total. The third-order valence-corrected chi connectivity index (χ3v) is 5.51. The van der Waals surface area contributed by atoms with Crippen LogP contribution in [0.15, 0.2) is 24.3 Å². The Morgan fingerprint density at radius 2 is 2.19 bits per heavy atom. The fourth-order valence-corrected chi connectivity index (χ4v) is 4.41. The van der Waals surface area contributed by atoms with Crippen LogP contribution in [-0.4, -0.2) is 38.3 Å². The van der Waals surface area contributed by atoms with E-state index in [-0.39, 0.29) is 11.7 Å². The van der Waals surface area contributed by atoms with Gasteiger partial charge < -0.3 is 11.1 Å². The first-order valence-corrected chi connectivity index (χ1v) is 8.60. The summed E-state index contributed by atoms with van der Waals surface area (Å²) in [5.74, 6) is -0.378. The van der Waals surface area contributed by atoms with E-state index >= 15 is 0 Å². The first-order chi connectivity index (χ1) is 9.94. The average Bonchev–Trinajstić information content (AvgIpc) is 2.46. The molecule has 1 aromatic carbocycles. The van der Waals surface area contributed by atoms with Crippen LogP contribution in [0.4, 0.5) is 5.69 Å². The van der Waals surface area contributed by atoms with Crippen LogP contribution in [0.25, 0.3) is 0 Å². The van der Waals surface area contributed by atoms with Crippen LogP contribution in [-0.2, 0) is 20.6 Å². The molecule has 2 rings (SSSR count). The van der Waals surface area contributed by atoms with E-state index in [1.807, 2.05) is 0 Å². The molecular weight excluding hydrogens is 290 g/mol. The SMILES string of the molecule is CNC(=O)C1CCCCN1S(=O)(=O)Cc1cccc(N)c1. The number of carbonyl (C=O) groups is 1. The maximum absolute atomic E-state index is 12.6. The summed E-state index contributed by atoms with van der Waals surface area (Å²) in [5, 5.41) is 2.54. The highest BCUT2D eigenvalue weighted by Crippen LogP contribution is 2.23. The first-order valence-electron chi connectivity index (χ1n) is 6.99. The lowest BCUT2D eigenvalue weighted by atomic mass is 10.0. The molecule has 3 N–H and O–H groups in total. The van der Waals surface area contributed by atoms with Gasteiger partial charge in [0.15, 0.2) is 0 Å². The fraction of sp³-hybridized carbons (Fsp3) is 0.500. The molecule has 1 aromatic rings. The molecule has 0 aromatic heterocycles. The van der Waals surface area contributed by atoms with Gasteiger partial charge in [0.05, 0.1) is 5.75 Å². The molecule has 1 aliphatic heterocycles. The van der Waals surface area contributed by atoms with Gasteiger partial charge in [-0.05, 0) is 30.5 Å². The number of rotatable bonds is 4. The van der Waals surface area contributed by atoms with Crippen LogP contribution in [0, 0.1) is 0 Å². The van der Waals surface area contributed by atoms with E-state index in [0.29, 0.717) is 24.2 Å². The van der Waals surface area contributed by atoms with E-state index in [0.717, 1.165) is 12.8 Å². The third-order valence-electron chi connectivity index (χ3n) is 3.66. The van der Waals surface area contributed by atoms with Crippen LogP contribution in [0.1, 0.15) is 24.8 Å². The second-order valence-electron chi connectivity index (χ2n) is 5.24. The molecule has 0 spiro atoms. The molecular formula is C14H21N3O3S. The largest absolute Gasteiger partial charge is 0.399 e. The van der Waals surface area contributed by atoms with Crippen LogP contribution in [0.5, 0.6) is 0 Å². The van der Waals surface area contributed by atoms with Gasteiger partial charge in [-0.1, -0.05) is 18.6 Å². The summed E-state index contributed by atoms with van der Waals surface area (Å²) in [6.07, 6.45) is 2.21. The van der Waals surface area contributed by atoms with Gasteiger partial charge in [-0.3, -0.25) is 4.79 Å². The van der Waals surface area contributed by atoms with Crippen molar-refractivity contribution in [3.63, 3.8) is 0 Å². The molecule has 0 aliphatic carbocycles. The molecule has 1 atom stereocenters. The van der Waals surface area contributed by atoms with E-state index in [1.165, 1.54) is 11.4 Å². The molecule has 7 heteroatoms. The Kier molecular flexibility index (Phi) is 4.84. The average molecular weight is 311 g/mol. The number of anilines is 1. The maximum atomic E-state index is 12.6. The zero-order chi connectivity index (χ0) is 15.5. The number of hydrogen-bond donors (Lipinski definition) is 2. The van der Waals surface area contributed by atoms with Crippen LogP contribution < -0.4 is 11.1 Å². The van der Waals surface area contributed by atoms with Gasteiger partial charge in [0.2, 0.25) is 15.9 Å². The molecule has 0 radical (unpaired) electrons. The number of piperidine rings is 1. The number of sulfonamides is 1. The highest BCUT2D eigenvalue weighted by molar-refractivity contribution is 7.88. The van der Waals surface area contributed by atoms with Crippen molar-refractivity contribution in [2.45, 2.75) is 31.1 Å². The lowest BCUT2D eigenvalue weighted by molar-refractivity contribution is -0.125. The van der Waals surface area contributed by atoms with Gasteiger partial charge in [0.25, 0.3) is 0 Å². The van der Waals surface area contributed by atoms with Crippen molar-refractivity contribution in [1.29, 1.82) is 0 Å². The Morgan fingerprint density at radius 1 is 1.43 bits per heavy atom. The van der Waals surface area contributed by atoms with E-state index < -0.39 is 16.1 Å². The van der Waals surface area contributed by atoms with Gasteiger partial charge in [0.1, 0.15) is 6.04 Å². The molecule has 0 bridgehead atoms. The zero-order valence-electron chi connectivity index (χ0n) is 12.1. The number of nitrogen functional groups attached to an aromatic ring is 1. The van der Waals surface area contributed by atoms with E-state index in [1.54, 1.807) is 24.3 Å².